The summed E-state index contributed by atoms with van der Waals surface area (Å²) in [6, 6.07) is 39.2. The Hall–Kier alpha value is -3.76. The molecule has 4 aromatic carbocycles. The first-order valence-electron chi connectivity index (χ1n) is 12.9. The number of rotatable bonds is 10. The molecule has 0 bridgehead atoms. The van der Waals surface area contributed by atoms with Crippen LogP contribution in [0.2, 0.25) is 0 Å². The lowest BCUT2D eigenvalue weighted by Gasteiger charge is -2.33. The Morgan fingerprint density at radius 2 is 1.32 bits per heavy atom. The first kappa shape index (κ1) is 27.3. The van der Waals surface area contributed by atoms with Crippen molar-refractivity contribution in [3.05, 3.63) is 143 Å². The minimum atomic E-state index is -0.885. The first-order chi connectivity index (χ1) is 18.3. The van der Waals surface area contributed by atoms with E-state index in [-0.39, 0.29) is 11.3 Å². The van der Waals surface area contributed by atoms with E-state index in [0.29, 0.717) is 5.57 Å². The van der Waals surface area contributed by atoms with Gasteiger partial charge in [0.1, 0.15) is 0 Å². The van der Waals surface area contributed by atoms with Gasteiger partial charge in [-0.25, -0.2) is 4.79 Å². The highest BCUT2D eigenvalue weighted by molar-refractivity contribution is 8.02. The van der Waals surface area contributed by atoms with Gasteiger partial charge in [0.2, 0.25) is 0 Å². The largest absolute Gasteiger partial charge is 0.478 e. The number of carboxylic acid groups (broad SMARTS) is 1. The molecule has 1 N–H and O–H groups in total. The van der Waals surface area contributed by atoms with Gasteiger partial charge in [-0.05, 0) is 51.8 Å². The van der Waals surface area contributed by atoms with Crippen LogP contribution in [0.4, 0.5) is 5.69 Å². The monoisotopic (exact) mass is 521 g/mol. The molecule has 0 unspecified atom stereocenters. The van der Waals surface area contributed by atoms with Crippen molar-refractivity contribution in [2.24, 2.45) is 5.41 Å². The number of hydrogen-bond acceptors (Lipinski definition) is 3. The van der Waals surface area contributed by atoms with Crippen molar-refractivity contribution in [2.75, 3.05) is 4.90 Å². The molecule has 0 aromatic heterocycles. The highest BCUT2D eigenvalue weighted by atomic mass is 32.2. The van der Waals surface area contributed by atoms with Crippen molar-refractivity contribution >= 4 is 23.4 Å². The third kappa shape index (κ3) is 7.39. The lowest BCUT2D eigenvalue weighted by Crippen LogP contribution is -2.26. The van der Waals surface area contributed by atoms with Crippen LogP contribution >= 0.6 is 11.8 Å². The summed E-state index contributed by atoms with van der Waals surface area (Å²) in [5, 5.41) is 12.1. The van der Waals surface area contributed by atoms with Crippen LogP contribution in [0.5, 0.6) is 0 Å². The van der Waals surface area contributed by atoms with Crippen molar-refractivity contribution < 1.29 is 9.90 Å². The summed E-state index contributed by atoms with van der Waals surface area (Å²) in [6.45, 7) is 7.84. The molecule has 0 aliphatic carbocycles. The van der Waals surface area contributed by atoms with Crippen molar-refractivity contribution in [3.63, 3.8) is 0 Å². The Morgan fingerprint density at radius 1 is 0.789 bits per heavy atom. The lowest BCUT2D eigenvalue weighted by atomic mass is 9.72. The van der Waals surface area contributed by atoms with Gasteiger partial charge in [0, 0.05) is 29.6 Å². The topological polar surface area (TPSA) is 40.5 Å². The van der Waals surface area contributed by atoms with Gasteiger partial charge in [-0.1, -0.05) is 124 Å². The van der Waals surface area contributed by atoms with Gasteiger partial charge >= 0.3 is 5.97 Å². The van der Waals surface area contributed by atoms with Crippen LogP contribution in [0.3, 0.4) is 0 Å². The molecule has 4 rings (SSSR count). The second kappa shape index (κ2) is 12.7. The Balaban J connectivity index is 1.73. The maximum absolute atomic E-state index is 12.6. The van der Waals surface area contributed by atoms with Crippen molar-refractivity contribution in [1.29, 1.82) is 0 Å². The molecular formula is C34H35NO2S. The summed E-state index contributed by atoms with van der Waals surface area (Å²) >= 11 is 1.46. The highest BCUT2D eigenvalue weighted by Crippen LogP contribution is 2.43. The molecule has 0 spiro atoms. The number of benzene rings is 4. The number of hydrogen-bond donors (Lipinski definition) is 1. The predicted molar refractivity (Wildman–Crippen MR) is 159 cm³/mol. The maximum Gasteiger partial charge on any atom is 0.332 e. The summed E-state index contributed by atoms with van der Waals surface area (Å²) in [5.41, 5.74) is 4.64. The second-order valence-electron chi connectivity index (χ2n) is 10.5. The maximum atomic E-state index is 12.6. The normalized spacial score (nSPS) is 12.7. The smallest absolute Gasteiger partial charge is 0.332 e. The molecule has 0 amide bonds. The van der Waals surface area contributed by atoms with E-state index in [1.807, 2.05) is 47.9 Å². The first-order valence-corrected chi connectivity index (χ1v) is 13.8. The second-order valence-corrected chi connectivity index (χ2v) is 11.5. The zero-order chi connectivity index (χ0) is 27.0. The van der Waals surface area contributed by atoms with E-state index in [1.54, 1.807) is 0 Å². The molecule has 0 aliphatic rings. The molecule has 0 aliphatic heterocycles. The zero-order valence-electron chi connectivity index (χ0n) is 22.2. The van der Waals surface area contributed by atoms with Gasteiger partial charge in [-0.2, -0.15) is 0 Å². The van der Waals surface area contributed by atoms with Crippen molar-refractivity contribution in [2.45, 2.75) is 44.7 Å². The van der Waals surface area contributed by atoms with E-state index in [4.69, 9.17) is 0 Å². The summed E-state index contributed by atoms with van der Waals surface area (Å²) in [4.78, 5) is 16.0. The molecule has 194 valence electrons. The molecular weight excluding hydrogens is 486 g/mol. The fourth-order valence-corrected chi connectivity index (χ4v) is 5.58. The molecule has 4 heteroatoms. The number of nitrogens with zero attached hydrogens (tertiary/aromatic N) is 1. The van der Waals surface area contributed by atoms with E-state index in [9.17, 15) is 9.90 Å². The standard InChI is InChI=1S/C34H35NO2S/c1-34(2,3)32(31(33(36)37)25-38-30-20-11-6-12-21-30)28-18-13-19-29(22-28)35(23-26-14-7-4-8-15-26)24-27-16-9-5-10-17-27/h4-22,25,32H,23-24H2,1-3H3,(H,36,37)/b31-25+/t32-/m1/s1. The molecule has 3 nitrogen and oxygen atoms in total. The number of anilines is 1. The summed E-state index contributed by atoms with van der Waals surface area (Å²) in [7, 11) is 0. The highest BCUT2D eigenvalue weighted by Gasteiger charge is 2.33. The van der Waals surface area contributed by atoms with Crippen LogP contribution in [0.15, 0.2) is 131 Å². The minimum Gasteiger partial charge on any atom is -0.478 e. The minimum absolute atomic E-state index is 0.286. The molecule has 0 saturated carbocycles. The van der Waals surface area contributed by atoms with E-state index in [2.05, 4.69) is 98.5 Å². The fourth-order valence-electron chi connectivity index (χ4n) is 4.77. The van der Waals surface area contributed by atoms with E-state index >= 15 is 0 Å². The van der Waals surface area contributed by atoms with Gasteiger partial charge < -0.3 is 10.0 Å². The summed E-state index contributed by atoms with van der Waals surface area (Å²) in [5.74, 6) is -1.17. The van der Waals surface area contributed by atoms with Crippen molar-refractivity contribution in [1.82, 2.24) is 0 Å². The molecule has 0 radical (unpaired) electrons. The number of thioether (sulfide) groups is 1. The lowest BCUT2D eigenvalue weighted by molar-refractivity contribution is -0.133. The summed E-state index contributed by atoms with van der Waals surface area (Å²) < 4.78 is 0. The Kier molecular flexibility index (Phi) is 9.09. The average molecular weight is 522 g/mol. The van der Waals surface area contributed by atoms with Crippen LogP contribution in [0.1, 0.15) is 43.4 Å². The van der Waals surface area contributed by atoms with Gasteiger partial charge in [0.15, 0.2) is 0 Å². The third-order valence-corrected chi connectivity index (χ3v) is 7.41. The van der Waals surface area contributed by atoms with Crippen LogP contribution in [0, 0.1) is 5.41 Å². The predicted octanol–water partition coefficient (Wildman–Crippen LogP) is 8.78. The average Bonchev–Trinajstić information content (AvgIpc) is 2.91. The zero-order valence-corrected chi connectivity index (χ0v) is 23.1. The Bertz CT molecular complexity index is 1300. The quantitative estimate of drug-likeness (QED) is 0.167. The van der Waals surface area contributed by atoms with Gasteiger partial charge in [-0.3, -0.25) is 0 Å². The molecule has 38 heavy (non-hydrogen) atoms. The van der Waals surface area contributed by atoms with Crippen LogP contribution in [-0.2, 0) is 17.9 Å². The molecule has 0 fully saturated rings. The van der Waals surface area contributed by atoms with Crippen LogP contribution < -0.4 is 4.90 Å². The fraction of sp³-hybridized carbons (Fsp3) is 0.206. The Labute approximate surface area is 230 Å². The number of aliphatic carboxylic acids is 1. The van der Waals surface area contributed by atoms with E-state index < -0.39 is 5.97 Å². The van der Waals surface area contributed by atoms with Gasteiger partial charge in [-0.15, -0.1) is 0 Å². The molecule has 0 heterocycles. The molecule has 0 saturated heterocycles. The van der Waals surface area contributed by atoms with Crippen LogP contribution in [-0.4, -0.2) is 11.1 Å². The summed E-state index contributed by atoms with van der Waals surface area (Å²) in [6.07, 6.45) is 0. The van der Waals surface area contributed by atoms with Crippen LogP contribution in [0.25, 0.3) is 0 Å². The van der Waals surface area contributed by atoms with Crippen molar-refractivity contribution in [3.8, 4) is 0 Å². The number of carbonyl (C=O) groups is 1. The Morgan fingerprint density at radius 3 is 1.82 bits per heavy atom. The molecule has 1 atom stereocenters. The van der Waals surface area contributed by atoms with E-state index in [1.165, 1.54) is 22.9 Å². The van der Waals surface area contributed by atoms with E-state index in [0.717, 1.165) is 29.2 Å². The SMILES string of the molecule is CC(C)(C)[C@@H](/C(=C\Sc1ccccc1)C(=O)O)c1cccc(N(Cc2ccccc2)Cc2ccccc2)c1. The number of carboxylic acids is 1. The molecule has 4 aromatic rings. The van der Waals surface area contributed by atoms with Gasteiger partial charge in [0.25, 0.3) is 0 Å². The third-order valence-electron chi connectivity index (χ3n) is 6.49. The van der Waals surface area contributed by atoms with Gasteiger partial charge in [0.05, 0.1) is 5.57 Å².